The van der Waals surface area contributed by atoms with E-state index in [1.165, 1.54) is 25.0 Å². The van der Waals surface area contributed by atoms with Crippen molar-refractivity contribution in [1.29, 1.82) is 0 Å². The van der Waals surface area contributed by atoms with Crippen molar-refractivity contribution in [3.8, 4) is 5.88 Å². The molecule has 1 aromatic heterocycles. The van der Waals surface area contributed by atoms with E-state index in [2.05, 4.69) is 20.2 Å². The smallest absolute Gasteiger partial charge is 0.416 e. The minimum atomic E-state index is -4.47. The van der Waals surface area contributed by atoms with Crippen LogP contribution in [0.15, 0.2) is 30.3 Å². The van der Waals surface area contributed by atoms with Gasteiger partial charge in [0.15, 0.2) is 6.61 Å². The molecule has 0 bridgehead atoms. The Morgan fingerprint density at radius 2 is 1.86 bits per heavy atom. The second-order valence-electron chi connectivity index (χ2n) is 6.96. The fraction of sp³-hybridized carbons (Fsp3) is 0.450. The summed E-state index contributed by atoms with van der Waals surface area (Å²) >= 11 is 0. The van der Waals surface area contributed by atoms with E-state index in [0.29, 0.717) is 11.6 Å². The number of ether oxygens (including phenoxy) is 1. The number of carbonyl (C=O) groups is 1. The van der Waals surface area contributed by atoms with E-state index in [-0.39, 0.29) is 18.2 Å². The number of halogens is 3. The molecule has 0 radical (unpaired) electrons. The van der Waals surface area contributed by atoms with Gasteiger partial charge in [-0.05, 0) is 38.0 Å². The summed E-state index contributed by atoms with van der Waals surface area (Å²) in [5.41, 5.74) is -0.0604. The molecule has 156 valence electrons. The quantitative estimate of drug-likeness (QED) is 0.803. The van der Waals surface area contributed by atoms with Gasteiger partial charge in [0.1, 0.15) is 0 Å². The largest absolute Gasteiger partial charge is 0.467 e. The van der Waals surface area contributed by atoms with Crippen LogP contribution in [-0.4, -0.2) is 35.6 Å². The first-order valence-corrected chi connectivity index (χ1v) is 9.52. The number of aryl methyl sites for hydroxylation is 1. The van der Waals surface area contributed by atoms with E-state index in [1.807, 2.05) is 6.92 Å². The zero-order valence-electron chi connectivity index (χ0n) is 16.1. The van der Waals surface area contributed by atoms with Gasteiger partial charge in [0.05, 0.1) is 5.56 Å². The molecule has 0 saturated carbocycles. The Morgan fingerprint density at radius 3 is 2.55 bits per heavy atom. The van der Waals surface area contributed by atoms with Crippen molar-refractivity contribution in [3.63, 3.8) is 0 Å². The Balaban J connectivity index is 1.61. The minimum Gasteiger partial charge on any atom is -0.467 e. The number of amides is 1. The molecule has 1 aliphatic heterocycles. The molecule has 1 saturated heterocycles. The van der Waals surface area contributed by atoms with Gasteiger partial charge in [-0.3, -0.25) is 4.79 Å². The summed E-state index contributed by atoms with van der Waals surface area (Å²) < 4.78 is 43.8. The lowest BCUT2D eigenvalue weighted by molar-refractivity contribution is -0.137. The molecular weight excluding hydrogens is 385 g/mol. The van der Waals surface area contributed by atoms with Crippen LogP contribution in [0.4, 0.5) is 24.8 Å². The van der Waals surface area contributed by atoms with Crippen molar-refractivity contribution in [2.45, 2.75) is 38.8 Å². The molecule has 9 heteroatoms. The molecule has 0 atom stereocenters. The van der Waals surface area contributed by atoms with Crippen molar-refractivity contribution in [2.75, 3.05) is 29.9 Å². The van der Waals surface area contributed by atoms with Crippen molar-refractivity contribution < 1.29 is 22.7 Å². The number of rotatable bonds is 5. The number of hydrogen-bond donors (Lipinski definition) is 1. The molecular formula is C20H23F3N4O2. The van der Waals surface area contributed by atoms with Crippen LogP contribution in [0.5, 0.6) is 5.88 Å². The molecule has 1 aliphatic rings. The minimum absolute atomic E-state index is 0.0533. The number of nitrogens with one attached hydrogen (secondary N) is 1. The monoisotopic (exact) mass is 408 g/mol. The third kappa shape index (κ3) is 6.07. The Labute approximate surface area is 167 Å². The lowest BCUT2D eigenvalue weighted by Crippen LogP contribution is -2.26. The van der Waals surface area contributed by atoms with Gasteiger partial charge in [-0.2, -0.15) is 18.2 Å². The Hall–Kier alpha value is -2.84. The normalized spacial score (nSPS) is 15.0. The van der Waals surface area contributed by atoms with Crippen LogP contribution in [0.2, 0.25) is 0 Å². The highest BCUT2D eigenvalue weighted by atomic mass is 19.4. The molecule has 29 heavy (non-hydrogen) atoms. The van der Waals surface area contributed by atoms with Crippen LogP contribution in [0, 0.1) is 6.92 Å². The molecule has 1 fully saturated rings. The lowest BCUT2D eigenvalue weighted by atomic mass is 10.2. The van der Waals surface area contributed by atoms with E-state index in [1.54, 1.807) is 6.07 Å². The van der Waals surface area contributed by atoms with Gasteiger partial charge >= 0.3 is 6.18 Å². The molecule has 0 aliphatic carbocycles. The Bertz CT molecular complexity index is 850. The zero-order valence-corrected chi connectivity index (χ0v) is 16.1. The van der Waals surface area contributed by atoms with Crippen molar-refractivity contribution >= 4 is 17.5 Å². The number of aromatic nitrogens is 2. The first kappa shape index (κ1) is 20.9. The first-order chi connectivity index (χ1) is 13.8. The third-order valence-corrected chi connectivity index (χ3v) is 4.53. The summed E-state index contributed by atoms with van der Waals surface area (Å²) in [5.74, 6) is 0.257. The van der Waals surface area contributed by atoms with Crippen LogP contribution in [0.25, 0.3) is 0 Å². The maximum Gasteiger partial charge on any atom is 0.416 e. The fourth-order valence-corrected chi connectivity index (χ4v) is 3.12. The van der Waals surface area contributed by atoms with E-state index in [4.69, 9.17) is 4.74 Å². The summed E-state index contributed by atoms with van der Waals surface area (Å²) in [6, 6.07) is 6.07. The van der Waals surface area contributed by atoms with Gasteiger partial charge in [-0.15, -0.1) is 0 Å². The summed E-state index contributed by atoms with van der Waals surface area (Å²) in [4.78, 5) is 23.0. The molecule has 1 amide bonds. The molecule has 0 spiro atoms. The van der Waals surface area contributed by atoms with E-state index in [9.17, 15) is 18.0 Å². The van der Waals surface area contributed by atoms with Gasteiger partial charge in [0, 0.05) is 30.5 Å². The third-order valence-electron chi connectivity index (χ3n) is 4.53. The fourth-order valence-electron chi connectivity index (χ4n) is 3.12. The van der Waals surface area contributed by atoms with Crippen LogP contribution < -0.4 is 15.0 Å². The molecule has 3 rings (SSSR count). The Kier molecular flexibility index (Phi) is 6.56. The maximum atomic E-state index is 12.8. The standard InChI is InChI=1S/C20H23F3N4O2/c1-14-11-18(26-19(24-14)27-9-4-2-3-5-10-27)29-13-17(28)25-16-8-6-7-15(12-16)20(21,22)23/h6-8,11-12H,2-5,9-10,13H2,1H3,(H,25,28). The molecule has 2 heterocycles. The molecule has 1 aromatic carbocycles. The van der Waals surface area contributed by atoms with Gasteiger partial charge in [-0.1, -0.05) is 18.9 Å². The Morgan fingerprint density at radius 1 is 1.14 bits per heavy atom. The highest BCUT2D eigenvalue weighted by Crippen LogP contribution is 2.30. The van der Waals surface area contributed by atoms with Gasteiger partial charge < -0.3 is 15.0 Å². The number of benzene rings is 1. The van der Waals surface area contributed by atoms with Gasteiger partial charge in [0.2, 0.25) is 11.8 Å². The van der Waals surface area contributed by atoms with Gasteiger partial charge in [0.25, 0.3) is 5.91 Å². The molecule has 2 aromatic rings. The number of carbonyl (C=O) groups excluding carboxylic acids is 1. The lowest BCUT2D eigenvalue weighted by Gasteiger charge is -2.21. The summed E-state index contributed by atoms with van der Waals surface area (Å²) in [6.07, 6.45) is 0.0436. The average Bonchev–Trinajstić information content (AvgIpc) is 2.95. The van der Waals surface area contributed by atoms with Crippen molar-refractivity contribution in [3.05, 3.63) is 41.6 Å². The second kappa shape index (κ2) is 9.11. The highest BCUT2D eigenvalue weighted by molar-refractivity contribution is 5.91. The van der Waals surface area contributed by atoms with E-state index < -0.39 is 17.6 Å². The number of nitrogens with zero attached hydrogens (tertiary/aromatic N) is 3. The summed E-state index contributed by atoms with van der Waals surface area (Å²) in [6.45, 7) is 3.20. The van der Waals surface area contributed by atoms with E-state index in [0.717, 1.165) is 38.1 Å². The molecule has 0 unspecified atom stereocenters. The van der Waals surface area contributed by atoms with Gasteiger partial charge in [-0.25, -0.2) is 4.98 Å². The predicted molar refractivity (Wildman–Crippen MR) is 103 cm³/mol. The average molecular weight is 408 g/mol. The van der Waals surface area contributed by atoms with Crippen molar-refractivity contribution in [1.82, 2.24) is 9.97 Å². The summed E-state index contributed by atoms with van der Waals surface area (Å²) in [5, 5.41) is 2.41. The second-order valence-corrected chi connectivity index (χ2v) is 6.96. The molecule has 6 nitrogen and oxygen atoms in total. The topological polar surface area (TPSA) is 67.3 Å². The predicted octanol–water partition coefficient (Wildman–Crippen LogP) is 4.20. The molecule has 1 N–H and O–H groups in total. The van der Waals surface area contributed by atoms with Crippen LogP contribution in [0.3, 0.4) is 0 Å². The SMILES string of the molecule is Cc1cc(OCC(=O)Nc2cccc(C(F)(F)F)c2)nc(N2CCCCCC2)n1. The number of hydrogen-bond acceptors (Lipinski definition) is 5. The zero-order chi connectivity index (χ0) is 20.9. The maximum absolute atomic E-state index is 12.8. The van der Waals surface area contributed by atoms with E-state index >= 15 is 0 Å². The first-order valence-electron chi connectivity index (χ1n) is 9.52. The number of anilines is 2. The van der Waals surface area contributed by atoms with Crippen LogP contribution in [0.1, 0.15) is 36.9 Å². The van der Waals surface area contributed by atoms with Crippen LogP contribution in [-0.2, 0) is 11.0 Å². The number of alkyl halides is 3. The van der Waals surface area contributed by atoms with Crippen molar-refractivity contribution in [2.24, 2.45) is 0 Å². The summed E-state index contributed by atoms with van der Waals surface area (Å²) in [7, 11) is 0. The van der Waals surface area contributed by atoms with Crippen LogP contribution >= 0.6 is 0 Å². The highest BCUT2D eigenvalue weighted by Gasteiger charge is 2.30.